The smallest absolute Gasteiger partial charge is 0.223 e. The van der Waals surface area contributed by atoms with Gasteiger partial charge in [-0.2, -0.15) is 0 Å². The number of hydrogen-bond acceptors (Lipinski definition) is 9. The number of aromatic nitrogens is 4. The van der Waals surface area contributed by atoms with E-state index in [1.807, 2.05) is 5.51 Å². The highest BCUT2D eigenvalue weighted by molar-refractivity contribution is 7.18. The summed E-state index contributed by atoms with van der Waals surface area (Å²) < 4.78 is 6.87. The molecule has 0 spiro atoms. The van der Waals surface area contributed by atoms with Gasteiger partial charge in [0.1, 0.15) is 11.5 Å². The second-order valence-corrected chi connectivity index (χ2v) is 9.18. The van der Waals surface area contributed by atoms with Crippen LogP contribution in [0.25, 0.3) is 20.9 Å². The Balaban J connectivity index is 1.35. The number of fused-ring (bicyclic) bond motifs is 2. The topological polar surface area (TPSA) is 97.0 Å². The van der Waals surface area contributed by atoms with Crippen molar-refractivity contribution in [2.75, 3.05) is 18.4 Å². The molecule has 1 atom stereocenters. The number of thiazole rings is 1. The van der Waals surface area contributed by atoms with Gasteiger partial charge in [-0.3, -0.25) is 9.69 Å². The fourth-order valence-corrected chi connectivity index (χ4v) is 5.29. The van der Waals surface area contributed by atoms with Crippen molar-refractivity contribution in [2.24, 2.45) is 0 Å². The number of anilines is 1. The van der Waals surface area contributed by atoms with Gasteiger partial charge in [0, 0.05) is 38.0 Å². The van der Waals surface area contributed by atoms with Crippen LogP contribution >= 0.6 is 22.7 Å². The van der Waals surface area contributed by atoms with E-state index in [0.29, 0.717) is 10.1 Å². The van der Waals surface area contributed by atoms with Gasteiger partial charge in [-0.05, 0) is 31.0 Å². The molecule has 1 N–H and O–H groups in total. The predicted octanol–water partition coefficient (Wildman–Crippen LogP) is 3.92. The molecule has 3 aromatic heterocycles. The largest absolute Gasteiger partial charge is 0.360 e. The average Bonchev–Trinajstić information content (AvgIpc) is 3.44. The van der Waals surface area contributed by atoms with Gasteiger partial charge in [0.15, 0.2) is 5.01 Å². The van der Waals surface area contributed by atoms with Gasteiger partial charge in [-0.1, -0.05) is 22.6 Å². The number of rotatable bonds is 4. The van der Waals surface area contributed by atoms with Crippen molar-refractivity contribution < 1.29 is 9.32 Å². The second kappa shape index (κ2) is 7.86. The molecular formula is C20H20N6O2S2. The molecule has 5 rings (SSSR count). The van der Waals surface area contributed by atoms with E-state index in [0.717, 1.165) is 48.5 Å². The van der Waals surface area contributed by atoms with Crippen LogP contribution in [0, 0.1) is 0 Å². The lowest BCUT2D eigenvalue weighted by atomic mass is 10.1. The number of hydrogen-bond donors (Lipinski definition) is 1. The normalized spacial score (nSPS) is 15.7. The number of benzene rings is 1. The molecule has 1 aliphatic rings. The van der Waals surface area contributed by atoms with Gasteiger partial charge in [-0.25, -0.2) is 4.98 Å². The lowest BCUT2D eigenvalue weighted by molar-refractivity contribution is -0.114. The minimum atomic E-state index is -0.169. The van der Waals surface area contributed by atoms with Crippen LogP contribution in [-0.2, 0) is 17.6 Å². The fourth-order valence-electron chi connectivity index (χ4n) is 3.83. The van der Waals surface area contributed by atoms with Gasteiger partial charge >= 0.3 is 0 Å². The summed E-state index contributed by atoms with van der Waals surface area (Å²) in [6.07, 6.45) is 1.62. The third-order valence-electron chi connectivity index (χ3n) is 5.44. The molecule has 4 heterocycles. The van der Waals surface area contributed by atoms with E-state index in [4.69, 9.17) is 4.52 Å². The van der Waals surface area contributed by atoms with Crippen LogP contribution in [0.1, 0.15) is 36.8 Å². The summed E-state index contributed by atoms with van der Waals surface area (Å²) in [5, 5.41) is 16.3. The molecule has 1 aliphatic heterocycles. The van der Waals surface area contributed by atoms with Crippen molar-refractivity contribution in [1.82, 2.24) is 25.2 Å². The van der Waals surface area contributed by atoms with Crippen LogP contribution in [0.4, 0.5) is 5.13 Å². The summed E-state index contributed by atoms with van der Waals surface area (Å²) >= 11 is 2.97. The third kappa shape index (κ3) is 3.62. The Labute approximate surface area is 180 Å². The van der Waals surface area contributed by atoms with Crippen LogP contribution in [0.5, 0.6) is 0 Å². The minimum absolute atomic E-state index is 0.169. The zero-order valence-corrected chi connectivity index (χ0v) is 18.2. The van der Waals surface area contributed by atoms with E-state index >= 15 is 0 Å². The third-order valence-corrected chi connectivity index (χ3v) is 7.10. The average molecular weight is 441 g/mol. The minimum Gasteiger partial charge on any atom is -0.360 e. The molecule has 1 unspecified atom stereocenters. The molecule has 0 aliphatic carbocycles. The molecule has 154 valence electrons. The van der Waals surface area contributed by atoms with E-state index in [2.05, 4.69) is 55.7 Å². The van der Waals surface area contributed by atoms with Crippen LogP contribution in [0.15, 0.2) is 28.2 Å². The van der Waals surface area contributed by atoms with Gasteiger partial charge in [0.2, 0.25) is 11.0 Å². The molecule has 10 heteroatoms. The molecule has 0 saturated heterocycles. The molecule has 0 saturated carbocycles. The summed E-state index contributed by atoms with van der Waals surface area (Å²) in [5.74, 6) is 0.739. The number of carbonyl (C=O) groups is 1. The molecule has 0 bridgehead atoms. The van der Waals surface area contributed by atoms with Gasteiger partial charge in [0.05, 0.1) is 15.7 Å². The molecule has 0 radical (unpaired) electrons. The van der Waals surface area contributed by atoms with Crippen molar-refractivity contribution in [3.63, 3.8) is 0 Å². The van der Waals surface area contributed by atoms with Crippen molar-refractivity contribution in [3.05, 3.63) is 40.6 Å². The molecule has 0 fully saturated rings. The first-order chi connectivity index (χ1) is 14.6. The molecule has 30 heavy (non-hydrogen) atoms. The van der Waals surface area contributed by atoms with Crippen LogP contribution in [0.2, 0.25) is 0 Å². The van der Waals surface area contributed by atoms with Crippen molar-refractivity contribution in [3.8, 4) is 10.7 Å². The van der Waals surface area contributed by atoms with E-state index in [1.54, 1.807) is 11.3 Å². The summed E-state index contributed by atoms with van der Waals surface area (Å²) in [4.78, 5) is 18.2. The lowest BCUT2D eigenvalue weighted by Gasteiger charge is -2.27. The van der Waals surface area contributed by atoms with Gasteiger partial charge in [0.25, 0.3) is 0 Å². The Hall–Kier alpha value is -2.69. The highest BCUT2D eigenvalue weighted by Crippen LogP contribution is 2.33. The second-order valence-electron chi connectivity index (χ2n) is 7.32. The van der Waals surface area contributed by atoms with Gasteiger partial charge < -0.3 is 9.84 Å². The Bertz CT molecular complexity index is 1210. The quantitative estimate of drug-likeness (QED) is 0.514. The summed E-state index contributed by atoms with van der Waals surface area (Å²) in [6, 6.07) is 6.83. The first kappa shape index (κ1) is 19.3. The Morgan fingerprint density at radius 1 is 1.27 bits per heavy atom. The monoisotopic (exact) mass is 440 g/mol. The van der Waals surface area contributed by atoms with E-state index < -0.39 is 0 Å². The summed E-state index contributed by atoms with van der Waals surface area (Å²) in [6.45, 7) is 5.48. The van der Waals surface area contributed by atoms with Crippen molar-refractivity contribution in [2.45, 2.75) is 32.7 Å². The molecule has 1 amide bonds. The van der Waals surface area contributed by atoms with Gasteiger partial charge in [-0.15, -0.1) is 21.5 Å². The number of nitrogens with zero attached hydrogens (tertiary/aromatic N) is 5. The molecule has 8 nitrogen and oxygen atoms in total. The van der Waals surface area contributed by atoms with Crippen molar-refractivity contribution >= 4 is 43.9 Å². The standard InChI is InChI=1S/C20H20N6O2S2/c1-11(13-3-4-17-15(9-13)21-10-29-17)26-7-5-14-16(6-8-26)28-25-18(14)19-23-24-20(30-19)22-12(2)27/h3-4,9-11H,5-8H2,1-2H3,(H,22,24,27). The van der Waals surface area contributed by atoms with Crippen LogP contribution in [-0.4, -0.2) is 44.2 Å². The first-order valence-electron chi connectivity index (χ1n) is 9.74. The van der Waals surface area contributed by atoms with Crippen LogP contribution in [0.3, 0.4) is 0 Å². The van der Waals surface area contributed by atoms with Crippen molar-refractivity contribution in [1.29, 1.82) is 0 Å². The van der Waals surface area contributed by atoms with E-state index in [-0.39, 0.29) is 11.9 Å². The highest BCUT2D eigenvalue weighted by Gasteiger charge is 2.27. The fraction of sp³-hybridized carbons (Fsp3) is 0.350. The number of carbonyl (C=O) groups excluding carboxylic acids is 1. The van der Waals surface area contributed by atoms with Crippen LogP contribution < -0.4 is 5.32 Å². The predicted molar refractivity (Wildman–Crippen MR) is 117 cm³/mol. The maximum Gasteiger partial charge on any atom is 0.223 e. The zero-order valence-electron chi connectivity index (χ0n) is 16.6. The zero-order chi connectivity index (χ0) is 20.7. The lowest BCUT2D eigenvalue weighted by Crippen LogP contribution is -2.29. The Morgan fingerprint density at radius 3 is 3.00 bits per heavy atom. The molecule has 1 aromatic carbocycles. The molecule has 4 aromatic rings. The Morgan fingerprint density at radius 2 is 2.13 bits per heavy atom. The van der Waals surface area contributed by atoms with E-state index in [9.17, 15) is 4.79 Å². The SMILES string of the molecule is CC(=O)Nc1nnc(-c2noc3c2CCN(C(C)c2ccc4scnc4c2)CC3)s1. The number of amides is 1. The van der Waals surface area contributed by atoms with E-state index in [1.165, 1.54) is 28.5 Å². The highest BCUT2D eigenvalue weighted by atomic mass is 32.1. The molecular weight excluding hydrogens is 420 g/mol. The first-order valence-corrected chi connectivity index (χ1v) is 11.4. The maximum atomic E-state index is 11.2. The summed E-state index contributed by atoms with van der Waals surface area (Å²) in [5.41, 5.74) is 6.04. The maximum absolute atomic E-state index is 11.2. The Kier molecular flexibility index (Phi) is 5.05. The number of nitrogens with one attached hydrogen (secondary N) is 1. The summed E-state index contributed by atoms with van der Waals surface area (Å²) in [7, 11) is 0.